The number of piperidine rings is 1. The minimum atomic E-state index is -3.67. The minimum Gasteiger partial charge on any atom is -0.351 e. The number of carbonyl (C=O) groups is 1. The van der Waals surface area contributed by atoms with Crippen molar-refractivity contribution in [2.45, 2.75) is 88.4 Å². The number of nitrogens with two attached hydrogens (primary N) is 1. The molecule has 0 unspecified atom stereocenters. The monoisotopic (exact) mass is 408 g/mol. The Balaban J connectivity index is 1.75. The maximum absolute atomic E-state index is 13.1. The lowest BCUT2D eigenvalue weighted by atomic mass is 9.79. The molecule has 28 heavy (non-hydrogen) atoms. The van der Waals surface area contributed by atoms with E-state index in [4.69, 9.17) is 0 Å². The van der Waals surface area contributed by atoms with Crippen LogP contribution in [0, 0.1) is 6.92 Å². The summed E-state index contributed by atoms with van der Waals surface area (Å²) >= 11 is 0. The van der Waals surface area contributed by atoms with Gasteiger partial charge in [-0.1, -0.05) is 17.7 Å². The lowest BCUT2D eigenvalue weighted by Crippen LogP contribution is -3.06. The van der Waals surface area contributed by atoms with Crippen LogP contribution in [0.3, 0.4) is 0 Å². The number of carbonyl (C=O) groups excluding carboxylic acids is 1. The Morgan fingerprint density at radius 2 is 1.68 bits per heavy atom. The minimum absolute atomic E-state index is 0.0447. The number of quaternary nitrogens is 1. The quantitative estimate of drug-likeness (QED) is 0.793. The Bertz CT molecular complexity index is 815. The zero-order valence-corrected chi connectivity index (χ0v) is 18.5. The molecule has 1 amide bonds. The molecule has 6 nitrogen and oxygen atoms in total. The summed E-state index contributed by atoms with van der Waals surface area (Å²) in [4.78, 5) is 13.3. The molecule has 2 aliphatic heterocycles. The molecule has 1 aromatic carbocycles. The summed E-state index contributed by atoms with van der Waals surface area (Å²) in [5.41, 5.74) is 1.10. The van der Waals surface area contributed by atoms with Gasteiger partial charge in [-0.25, -0.2) is 8.42 Å². The molecule has 0 saturated carbocycles. The Labute approximate surface area is 169 Å². The van der Waals surface area contributed by atoms with Crippen molar-refractivity contribution in [3.05, 3.63) is 29.8 Å². The van der Waals surface area contributed by atoms with E-state index in [2.05, 4.69) is 38.3 Å². The Morgan fingerprint density at radius 3 is 2.25 bits per heavy atom. The highest BCUT2D eigenvalue weighted by Gasteiger charge is 2.44. The van der Waals surface area contributed by atoms with Crippen LogP contribution in [0.1, 0.15) is 58.9 Å². The van der Waals surface area contributed by atoms with Gasteiger partial charge in [-0.05, 0) is 59.6 Å². The molecule has 156 valence electrons. The number of amides is 1. The van der Waals surface area contributed by atoms with Gasteiger partial charge in [0.25, 0.3) is 0 Å². The van der Waals surface area contributed by atoms with Crippen molar-refractivity contribution in [2.24, 2.45) is 0 Å². The van der Waals surface area contributed by atoms with Gasteiger partial charge in [-0.15, -0.1) is 0 Å². The fourth-order valence-corrected chi connectivity index (χ4v) is 6.71. The summed E-state index contributed by atoms with van der Waals surface area (Å²) in [6.45, 7) is 11.1. The van der Waals surface area contributed by atoms with Gasteiger partial charge in [0, 0.05) is 25.4 Å². The van der Waals surface area contributed by atoms with Crippen molar-refractivity contribution in [3.8, 4) is 0 Å². The van der Waals surface area contributed by atoms with Gasteiger partial charge in [-0.2, -0.15) is 4.31 Å². The lowest BCUT2D eigenvalue weighted by molar-refractivity contribution is -0.787. The first kappa shape index (κ1) is 21.3. The number of benzene rings is 1. The topological polar surface area (TPSA) is 83.1 Å². The van der Waals surface area contributed by atoms with Crippen LogP contribution >= 0.6 is 0 Å². The van der Waals surface area contributed by atoms with Gasteiger partial charge < -0.3 is 10.6 Å². The maximum Gasteiger partial charge on any atom is 0.243 e. The van der Waals surface area contributed by atoms with E-state index >= 15 is 0 Å². The third-order valence-corrected chi connectivity index (χ3v) is 7.73. The summed E-state index contributed by atoms with van der Waals surface area (Å²) in [6, 6.07) is 6.27. The molecule has 2 heterocycles. The summed E-state index contributed by atoms with van der Waals surface area (Å²) in [5, 5.41) is 5.54. The average Bonchev–Trinajstić information content (AvgIpc) is 3.02. The molecular formula is C21H34N3O3S+. The van der Waals surface area contributed by atoms with Gasteiger partial charge >= 0.3 is 0 Å². The first-order valence-electron chi connectivity index (χ1n) is 10.2. The molecule has 2 aliphatic rings. The number of hydrogen-bond acceptors (Lipinski definition) is 3. The Hall–Kier alpha value is -1.44. The van der Waals surface area contributed by atoms with Gasteiger partial charge in [0.15, 0.2) is 0 Å². The van der Waals surface area contributed by atoms with Crippen LogP contribution in [0.5, 0.6) is 0 Å². The van der Waals surface area contributed by atoms with Crippen molar-refractivity contribution in [1.82, 2.24) is 9.62 Å². The molecule has 0 spiro atoms. The highest BCUT2D eigenvalue weighted by molar-refractivity contribution is 7.89. The first-order chi connectivity index (χ1) is 12.9. The molecule has 1 atom stereocenters. The molecule has 3 N–H and O–H groups in total. The second kappa shape index (κ2) is 7.43. The molecule has 3 rings (SSSR count). The normalized spacial score (nSPS) is 25.5. The van der Waals surface area contributed by atoms with E-state index in [1.807, 2.05) is 6.92 Å². The third kappa shape index (κ3) is 4.58. The molecule has 0 radical (unpaired) electrons. The smallest absolute Gasteiger partial charge is 0.243 e. The second-order valence-electron chi connectivity index (χ2n) is 9.82. The van der Waals surface area contributed by atoms with Crippen molar-refractivity contribution in [1.29, 1.82) is 0 Å². The van der Waals surface area contributed by atoms with Gasteiger partial charge in [0.2, 0.25) is 15.9 Å². The summed E-state index contributed by atoms with van der Waals surface area (Å²) < 4.78 is 27.6. The summed E-state index contributed by atoms with van der Waals surface area (Å²) in [5.74, 6) is -0.160. The van der Waals surface area contributed by atoms with E-state index < -0.39 is 16.1 Å². The van der Waals surface area contributed by atoms with Crippen LogP contribution in [-0.2, 0) is 14.8 Å². The number of sulfonamides is 1. The number of hydrogen-bond donors (Lipinski definition) is 2. The highest BCUT2D eigenvalue weighted by Crippen LogP contribution is 2.28. The van der Waals surface area contributed by atoms with Crippen molar-refractivity contribution in [3.63, 3.8) is 0 Å². The van der Waals surface area contributed by atoms with E-state index in [1.165, 1.54) is 4.31 Å². The fourth-order valence-electron chi connectivity index (χ4n) is 5.05. The van der Waals surface area contributed by atoms with Crippen LogP contribution in [0.4, 0.5) is 0 Å². The molecule has 0 aliphatic carbocycles. The third-order valence-electron chi connectivity index (χ3n) is 5.81. The molecule has 0 bridgehead atoms. The van der Waals surface area contributed by atoms with Crippen molar-refractivity contribution >= 4 is 15.9 Å². The lowest BCUT2D eigenvalue weighted by Gasteiger charge is -2.43. The first-order valence-corrected chi connectivity index (χ1v) is 11.6. The number of aryl methyl sites for hydroxylation is 1. The fraction of sp³-hybridized carbons (Fsp3) is 0.667. The standard InChI is InChI=1S/C21H33N3O3S/c1-15-8-10-17(11-9-15)28(26,27)24-12-6-7-18(24)19(25)22-16-13-20(2,3)23-21(4,5)14-16/h8-11,16,18,23H,6-7,12-14H2,1-5H3,(H,22,25)/p+1/t18-/m1/s1. The SMILES string of the molecule is Cc1ccc(S(=O)(=O)N2CCC[C@@H]2C(=O)NC2CC(C)(C)[NH2+]C(C)(C)C2)cc1. The summed E-state index contributed by atoms with van der Waals surface area (Å²) in [7, 11) is -3.67. The predicted octanol–water partition coefficient (Wildman–Crippen LogP) is 1.55. The van der Waals surface area contributed by atoms with Crippen LogP contribution in [-0.4, -0.2) is 48.3 Å². The van der Waals surface area contributed by atoms with E-state index in [0.717, 1.165) is 18.4 Å². The predicted molar refractivity (Wildman–Crippen MR) is 109 cm³/mol. The van der Waals surface area contributed by atoms with Crippen LogP contribution in [0.2, 0.25) is 0 Å². The molecule has 2 fully saturated rings. The van der Waals surface area contributed by atoms with Crippen molar-refractivity contribution in [2.75, 3.05) is 6.54 Å². The van der Waals surface area contributed by atoms with E-state index in [9.17, 15) is 13.2 Å². The largest absolute Gasteiger partial charge is 0.351 e. The number of rotatable bonds is 4. The zero-order chi connectivity index (χ0) is 20.7. The van der Waals surface area contributed by atoms with Crippen LogP contribution in [0.25, 0.3) is 0 Å². The second-order valence-corrected chi connectivity index (χ2v) is 11.7. The van der Waals surface area contributed by atoms with Gasteiger partial charge in [0.1, 0.15) is 6.04 Å². The summed E-state index contributed by atoms with van der Waals surface area (Å²) in [6.07, 6.45) is 3.03. The van der Waals surface area contributed by atoms with Crippen molar-refractivity contribution < 1.29 is 18.5 Å². The van der Waals surface area contributed by atoms with E-state index in [-0.39, 0.29) is 27.9 Å². The van der Waals surface area contributed by atoms with Gasteiger partial charge in [-0.3, -0.25) is 4.79 Å². The number of nitrogens with one attached hydrogen (secondary N) is 1. The maximum atomic E-state index is 13.1. The Kier molecular flexibility index (Phi) is 5.64. The highest BCUT2D eigenvalue weighted by atomic mass is 32.2. The molecule has 7 heteroatoms. The van der Waals surface area contributed by atoms with Crippen LogP contribution in [0.15, 0.2) is 29.2 Å². The van der Waals surface area contributed by atoms with Gasteiger partial charge in [0.05, 0.1) is 16.0 Å². The molecular weight excluding hydrogens is 374 g/mol. The molecule has 1 aromatic rings. The Morgan fingerprint density at radius 1 is 1.11 bits per heavy atom. The number of nitrogens with zero attached hydrogens (tertiary/aromatic N) is 1. The zero-order valence-electron chi connectivity index (χ0n) is 17.7. The molecule has 0 aromatic heterocycles. The average molecular weight is 409 g/mol. The van der Waals surface area contributed by atoms with Crippen LogP contribution < -0.4 is 10.6 Å². The van der Waals surface area contributed by atoms with E-state index in [1.54, 1.807) is 24.3 Å². The molecule has 2 saturated heterocycles. The van der Waals surface area contributed by atoms with E-state index in [0.29, 0.717) is 19.4 Å².